The van der Waals surface area contributed by atoms with Crippen molar-refractivity contribution in [1.29, 1.82) is 0 Å². The Kier molecular flexibility index (Phi) is 6.28. The van der Waals surface area contributed by atoms with E-state index in [4.69, 9.17) is 4.52 Å². The van der Waals surface area contributed by atoms with Crippen LogP contribution in [-0.2, 0) is 16.0 Å². The molecule has 0 spiro atoms. The first-order chi connectivity index (χ1) is 11.2. The number of nitrogens with one attached hydrogen (secondary N) is 2. The van der Waals surface area contributed by atoms with E-state index < -0.39 is 0 Å². The second-order valence-corrected chi connectivity index (χ2v) is 5.00. The minimum absolute atomic E-state index is 0.0159. The summed E-state index contributed by atoms with van der Waals surface area (Å²) in [7, 11) is 0. The summed E-state index contributed by atoms with van der Waals surface area (Å²) in [6.07, 6.45) is 1.39. The Morgan fingerprint density at radius 3 is 2.65 bits per heavy atom. The Labute approximate surface area is 134 Å². The highest BCUT2D eigenvalue weighted by atomic mass is 16.5. The Morgan fingerprint density at radius 1 is 1.13 bits per heavy atom. The molecule has 2 rings (SSSR count). The van der Waals surface area contributed by atoms with Crippen LogP contribution >= 0.6 is 0 Å². The Hall–Kier alpha value is -2.70. The number of benzene rings is 1. The molecule has 0 unspecified atom stereocenters. The quantitative estimate of drug-likeness (QED) is 0.765. The first-order valence-corrected chi connectivity index (χ1v) is 7.60. The Morgan fingerprint density at radius 2 is 1.91 bits per heavy atom. The fraction of sp³-hybridized carbons (Fsp3) is 0.375. The van der Waals surface area contributed by atoms with E-state index in [1.165, 1.54) is 0 Å². The van der Waals surface area contributed by atoms with Gasteiger partial charge in [-0.1, -0.05) is 42.4 Å². The molecule has 0 atom stereocenters. The molecule has 0 bridgehead atoms. The molecule has 122 valence electrons. The predicted octanol–water partition coefficient (Wildman–Crippen LogP) is 1.31. The summed E-state index contributed by atoms with van der Waals surface area (Å²) < 4.78 is 5.13. The van der Waals surface area contributed by atoms with Gasteiger partial charge in [0.25, 0.3) is 0 Å². The topological polar surface area (TPSA) is 97.1 Å². The van der Waals surface area contributed by atoms with Gasteiger partial charge in [0.05, 0.1) is 6.54 Å². The number of amides is 2. The van der Waals surface area contributed by atoms with Crippen molar-refractivity contribution in [1.82, 2.24) is 20.8 Å². The van der Waals surface area contributed by atoms with Crippen LogP contribution in [0, 0.1) is 0 Å². The summed E-state index contributed by atoms with van der Waals surface area (Å²) in [5.41, 5.74) is 0.861. The summed E-state index contributed by atoms with van der Waals surface area (Å²) >= 11 is 0. The Bertz CT molecular complexity index is 640. The van der Waals surface area contributed by atoms with E-state index in [-0.39, 0.29) is 24.8 Å². The molecule has 0 saturated carbocycles. The molecule has 0 saturated heterocycles. The van der Waals surface area contributed by atoms with Gasteiger partial charge in [-0.2, -0.15) is 4.98 Å². The van der Waals surface area contributed by atoms with Crippen LogP contribution < -0.4 is 10.6 Å². The molecule has 0 radical (unpaired) electrons. The van der Waals surface area contributed by atoms with E-state index in [1.807, 2.05) is 37.3 Å². The molecule has 1 aromatic carbocycles. The molecule has 2 aromatic rings. The fourth-order valence-electron chi connectivity index (χ4n) is 1.88. The number of carbonyl (C=O) groups excluding carboxylic acids is 2. The van der Waals surface area contributed by atoms with Crippen molar-refractivity contribution < 1.29 is 14.1 Å². The molecule has 0 fully saturated rings. The van der Waals surface area contributed by atoms with Gasteiger partial charge in [0.2, 0.25) is 23.5 Å². The van der Waals surface area contributed by atoms with Crippen molar-refractivity contribution in [2.45, 2.75) is 26.2 Å². The number of aryl methyl sites for hydroxylation is 1. The van der Waals surface area contributed by atoms with Gasteiger partial charge in [-0.15, -0.1) is 0 Å². The zero-order chi connectivity index (χ0) is 16.5. The molecule has 2 amide bonds. The van der Waals surface area contributed by atoms with Crippen LogP contribution in [0.2, 0.25) is 0 Å². The van der Waals surface area contributed by atoms with Crippen molar-refractivity contribution >= 4 is 11.8 Å². The van der Waals surface area contributed by atoms with E-state index in [0.717, 1.165) is 12.0 Å². The highest BCUT2D eigenvalue weighted by molar-refractivity contribution is 5.84. The molecule has 2 N–H and O–H groups in total. The fourth-order valence-corrected chi connectivity index (χ4v) is 1.88. The number of aromatic nitrogens is 2. The standard InChI is InChI=1S/C16H20N4O3/c1-2-10-17-14(22)11-18-13(21)8-9-15-19-16(20-23-15)12-6-4-3-5-7-12/h3-7H,2,8-11H2,1H3,(H,17,22)(H,18,21). The first-order valence-electron chi connectivity index (χ1n) is 7.60. The van der Waals surface area contributed by atoms with Gasteiger partial charge in [0.15, 0.2) is 0 Å². The summed E-state index contributed by atoms with van der Waals surface area (Å²) in [5, 5.41) is 9.14. The zero-order valence-electron chi connectivity index (χ0n) is 13.0. The van der Waals surface area contributed by atoms with Crippen LogP contribution in [0.5, 0.6) is 0 Å². The largest absolute Gasteiger partial charge is 0.355 e. The average molecular weight is 316 g/mol. The van der Waals surface area contributed by atoms with Gasteiger partial charge in [0.1, 0.15) is 0 Å². The van der Waals surface area contributed by atoms with Gasteiger partial charge in [-0.05, 0) is 6.42 Å². The van der Waals surface area contributed by atoms with Crippen molar-refractivity contribution in [3.63, 3.8) is 0 Å². The van der Waals surface area contributed by atoms with E-state index >= 15 is 0 Å². The lowest BCUT2D eigenvalue weighted by atomic mass is 10.2. The summed E-state index contributed by atoms with van der Waals surface area (Å²) in [6, 6.07) is 9.46. The number of rotatable bonds is 8. The highest BCUT2D eigenvalue weighted by Gasteiger charge is 2.11. The van der Waals surface area contributed by atoms with Crippen molar-refractivity contribution in [2.24, 2.45) is 0 Å². The van der Waals surface area contributed by atoms with Crippen LogP contribution in [0.4, 0.5) is 0 Å². The van der Waals surface area contributed by atoms with Crippen LogP contribution in [0.1, 0.15) is 25.7 Å². The van der Waals surface area contributed by atoms with Crippen LogP contribution in [-0.4, -0.2) is 35.0 Å². The molecular weight excluding hydrogens is 296 g/mol. The van der Waals surface area contributed by atoms with Crippen LogP contribution in [0.25, 0.3) is 11.4 Å². The van der Waals surface area contributed by atoms with E-state index in [0.29, 0.717) is 24.7 Å². The minimum atomic E-state index is -0.226. The lowest BCUT2D eigenvalue weighted by Crippen LogP contribution is -2.37. The second-order valence-electron chi connectivity index (χ2n) is 5.00. The smallest absolute Gasteiger partial charge is 0.239 e. The Balaban J connectivity index is 1.75. The molecule has 7 nitrogen and oxygen atoms in total. The van der Waals surface area contributed by atoms with Crippen molar-refractivity contribution in [3.05, 3.63) is 36.2 Å². The maximum atomic E-state index is 11.7. The predicted molar refractivity (Wildman–Crippen MR) is 84.4 cm³/mol. The molecule has 0 aliphatic heterocycles. The third-order valence-corrected chi connectivity index (χ3v) is 3.08. The molecule has 0 aliphatic carbocycles. The zero-order valence-corrected chi connectivity index (χ0v) is 13.0. The van der Waals surface area contributed by atoms with E-state index in [2.05, 4.69) is 20.8 Å². The van der Waals surface area contributed by atoms with Gasteiger partial charge in [0, 0.05) is 24.9 Å². The first kappa shape index (κ1) is 16.7. The van der Waals surface area contributed by atoms with Gasteiger partial charge >= 0.3 is 0 Å². The normalized spacial score (nSPS) is 10.3. The van der Waals surface area contributed by atoms with E-state index in [1.54, 1.807) is 0 Å². The van der Waals surface area contributed by atoms with Gasteiger partial charge < -0.3 is 15.2 Å². The van der Waals surface area contributed by atoms with Crippen LogP contribution in [0.3, 0.4) is 0 Å². The van der Waals surface area contributed by atoms with Crippen molar-refractivity contribution in [2.75, 3.05) is 13.1 Å². The number of nitrogens with zero attached hydrogens (tertiary/aromatic N) is 2. The maximum Gasteiger partial charge on any atom is 0.239 e. The minimum Gasteiger partial charge on any atom is -0.355 e. The molecule has 7 heteroatoms. The van der Waals surface area contributed by atoms with E-state index in [9.17, 15) is 9.59 Å². The molecule has 0 aliphatic rings. The number of hydrogen-bond donors (Lipinski definition) is 2. The SMILES string of the molecule is CCCNC(=O)CNC(=O)CCc1nc(-c2ccccc2)no1. The third-order valence-electron chi connectivity index (χ3n) is 3.08. The van der Waals surface area contributed by atoms with Crippen LogP contribution in [0.15, 0.2) is 34.9 Å². The molecule has 1 heterocycles. The molecule has 1 aromatic heterocycles. The maximum absolute atomic E-state index is 11.7. The highest BCUT2D eigenvalue weighted by Crippen LogP contribution is 2.15. The summed E-state index contributed by atoms with van der Waals surface area (Å²) in [5.74, 6) is 0.481. The lowest BCUT2D eigenvalue weighted by molar-refractivity contribution is -0.126. The average Bonchev–Trinajstić information content (AvgIpc) is 3.06. The number of hydrogen-bond acceptors (Lipinski definition) is 5. The summed E-state index contributed by atoms with van der Waals surface area (Å²) in [6.45, 7) is 2.56. The lowest BCUT2D eigenvalue weighted by Gasteiger charge is -2.04. The molecule has 23 heavy (non-hydrogen) atoms. The molecular formula is C16H20N4O3. The third kappa shape index (κ3) is 5.54. The second kappa shape index (κ2) is 8.67. The van der Waals surface area contributed by atoms with Gasteiger partial charge in [-0.25, -0.2) is 0 Å². The van der Waals surface area contributed by atoms with Gasteiger partial charge in [-0.3, -0.25) is 9.59 Å². The number of carbonyl (C=O) groups is 2. The monoisotopic (exact) mass is 316 g/mol. The summed E-state index contributed by atoms with van der Waals surface area (Å²) in [4.78, 5) is 27.3. The van der Waals surface area contributed by atoms with Crippen molar-refractivity contribution in [3.8, 4) is 11.4 Å².